The van der Waals surface area contributed by atoms with Gasteiger partial charge in [-0.05, 0) is 24.3 Å². The van der Waals surface area contributed by atoms with Gasteiger partial charge in [-0.2, -0.15) is 0 Å². The molecule has 2 aromatic heterocycles. The molecule has 1 amide bonds. The van der Waals surface area contributed by atoms with Gasteiger partial charge in [0.05, 0.1) is 17.6 Å². The minimum atomic E-state index is -3.78. The molecule has 12 heteroatoms. The van der Waals surface area contributed by atoms with Crippen LogP contribution in [0.15, 0.2) is 46.8 Å². The average Bonchev–Trinajstić information content (AvgIpc) is 3.03. The molecule has 0 aliphatic carbocycles. The van der Waals surface area contributed by atoms with Gasteiger partial charge in [0, 0.05) is 19.8 Å². The van der Waals surface area contributed by atoms with E-state index in [0.29, 0.717) is 22.7 Å². The van der Waals surface area contributed by atoms with E-state index in [4.69, 9.17) is 5.14 Å². The molecule has 0 radical (unpaired) electrons. The Balaban J connectivity index is 1.76. The SMILES string of the molecule is CN(C)/C=N/c1ncnc2c1ncn2CC(=O)Nc1ccc(S(N)(=O)=O)cc1. The summed E-state index contributed by atoms with van der Waals surface area (Å²) in [5, 5.41) is 7.73. The van der Waals surface area contributed by atoms with Crippen molar-refractivity contribution in [1.82, 2.24) is 24.4 Å². The number of amides is 1. The van der Waals surface area contributed by atoms with E-state index in [0.717, 1.165) is 0 Å². The smallest absolute Gasteiger partial charge is 0.244 e. The number of aliphatic imine (C=N–C) groups is 1. The highest BCUT2D eigenvalue weighted by atomic mass is 32.2. The molecule has 0 aliphatic heterocycles. The highest BCUT2D eigenvalue weighted by Crippen LogP contribution is 2.20. The van der Waals surface area contributed by atoms with Crippen molar-refractivity contribution in [3.8, 4) is 0 Å². The molecule has 11 nitrogen and oxygen atoms in total. The van der Waals surface area contributed by atoms with Crippen molar-refractivity contribution in [3.63, 3.8) is 0 Å². The van der Waals surface area contributed by atoms with Gasteiger partial charge in [0.1, 0.15) is 12.9 Å². The summed E-state index contributed by atoms with van der Waals surface area (Å²) >= 11 is 0. The van der Waals surface area contributed by atoms with Crippen LogP contribution in [0.3, 0.4) is 0 Å². The highest BCUT2D eigenvalue weighted by molar-refractivity contribution is 7.89. The molecule has 2 heterocycles. The van der Waals surface area contributed by atoms with Gasteiger partial charge in [-0.15, -0.1) is 0 Å². The maximum absolute atomic E-state index is 12.3. The first kappa shape index (κ1) is 19.4. The summed E-state index contributed by atoms with van der Waals surface area (Å²) in [6.45, 7) is -0.0404. The molecular weight excluding hydrogens is 384 g/mol. The Hall–Kier alpha value is -3.38. The van der Waals surface area contributed by atoms with E-state index < -0.39 is 10.0 Å². The van der Waals surface area contributed by atoms with E-state index in [9.17, 15) is 13.2 Å². The van der Waals surface area contributed by atoms with Gasteiger partial charge in [0.15, 0.2) is 17.0 Å². The minimum absolute atomic E-state index is 0.0337. The normalized spacial score (nSPS) is 11.8. The third-order valence-electron chi connectivity index (χ3n) is 3.57. The molecule has 0 saturated heterocycles. The Labute approximate surface area is 161 Å². The number of hydrogen-bond donors (Lipinski definition) is 2. The third-order valence-corrected chi connectivity index (χ3v) is 4.50. The van der Waals surface area contributed by atoms with Crippen molar-refractivity contribution in [2.24, 2.45) is 10.1 Å². The Morgan fingerprint density at radius 3 is 2.61 bits per heavy atom. The standard InChI is InChI=1S/C16H18N8O3S/c1-23(2)9-21-15-14-16(19-8-18-15)24(10-20-14)7-13(25)22-11-3-5-12(6-4-11)28(17,26)27/h3-6,8-10H,7H2,1-2H3,(H,22,25)(H2,17,26,27)/b21-9+. The first-order valence-corrected chi connectivity index (χ1v) is 9.58. The quantitative estimate of drug-likeness (QED) is 0.446. The van der Waals surface area contributed by atoms with Crippen LogP contribution in [0.1, 0.15) is 0 Å². The number of anilines is 1. The summed E-state index contributed by atoms with van der Waals surface area (Å²) < 4.78 is 24.1. The van der Waals surface area contributed by atoms with Crippen LogP contribution in [0.4, 0.5) is 11.5 Å². The molecule has 0 aliphatic rings. The largest absolute Gasteiger partial charge is 0.369 e. The summed E-state index contributed by atoms with van der Waals surface area (Å²) in [5.41, 5.74) is 1.39. The molecule has 1 aromatic carbocycles. The Bertz CT molecular complexity index is 1140. The van der Waals surface area contributed by atoms with Gasteiger partial charge in [-0.3, -0.25) is 4.79 Å². The van der Waals surface area contributed by atoms with Crippen LogP contribution in [0.25, 0.3) is 11.2 Å². The summed E-state index contributed by atoms with van der Waals surface area (Å²) in [5.74, 6) is 0.0658. The summed E-state index contributed by atoms with van der Waals surface area (Å²) in [4.78, 5) is 30.8. The molecule has 0 bridgehead atoms. The maximum Gasteiger partial charge on any atom is 0.244 e. The van der Waals surface area contributed by atoms with Crippen molar-refractivity contribution in [1.29, 1.82) is 0 Å². The zero-order valence-electron chi connectivity index (χ0n) is 15.1. The fourth-order valence-corrected chi connectivity index (χ4v) is 2.85. The molecule has 0 spiro atoms. The number of nitrogens with two attached hydrogens (primary N) is 1. The first-order valence-electron chi connectivity index (χ1n) is 8.03. The number of nitrogens with zero attached hydrogens (tertiary/aromatic N) is 6. The zero-order chi connectivity index (χ0) is 20.3. The van der Waals surface area contributed by atoms with Crippen LogP contribution in [0, 0.1) is 0 Å². The molecule has 0 atom stereocenters. The zero-order valence-corrected chi connectivity index (χ0v) is 16.0. The lowest BCUT2D eigenvalue weighted by atomic mass is 10.3. The molecule has 28 heavy (non-hydrogen) atoms. The van der Waals surface area contributed by atoms with Crippen LogP contribution < -0.4 is 10.5 Å². The van der Waals surface area contributed by atoms with Gasteiger partial charge in [-0.25, -0.2) is 33.5 Å². The van der Waals surface area contributed by atoms with Gasteiger partial charge in [0.25, 0.3) is 0 Å². The minimum Gasteiger partial charge on any atom is -0.369 e. The Morgan fingerprint density at radius 1 is 1.25 bits per heavy atom. The van der Waals surface area contributed by atoms with Crippen LogP contribution in [0.2, 0.25) is 0 Å². The topological polar surface area (TPSA) is 148 Å². The van der Waals surface area contributed by atoms with Crippen molar-refractivity contribution < 1.29 is 13.2 Å². The van der Waals surface area contributed by atoms with Crippen LogP contribution in [-0.2, 0) is 21.4 Å². The lowest BCUT2D eigenvalue weighted by Crippen LogP contribution is -2.18. The first-order chi connectivity index (χ1) is 13.2. The Kier molecular flexibility index (Phi) is 5.33. The third kappa shape index (κ3) is 4.47. The molecule has 3 N–H and O–H groups in total. The Morgan fingerprint density at radius 2 is 1.96 bits per heavy atom. The molecule has 0 fully saturated rings. The molecule has 3 rings (SSSR count). The number of carbonyl (C=O) groups excluding carboxylic acids is 1. The van der Waals surface area contributed by atoms with Crippen molar-refractivity contribution in [3.05, 3.63) is 36.9 Å². The van der Waals surface area contributed by atoms with Crippen molar-refractivity contribution in [2.45, 2.75) is 11.4 Å². The number of rotatable bonds is 6. The second-order valence-electron chi connectivity index (χ2n) is 6.07. The summed E-state index contributed by atoms with van der Waals surface area (Å²) in [7, 11) is -0.114. The predicted octanol–water partition coefficient (Wildman–Crippen LogP) is 0.334. The second-order valence-corrected chi connectivity index (χ2v) is 7.63. The van der Waals surface area contributed by atoms with Crippen LogP contribution in [-0.4, -0.2) is 59.2 Å². The highest BCUT2D eigenvalue weighted by Gasteiger charge is 2.13. The van der Waals surface area contributed by atoms with E-state index in [1.54, 1.807) is 15.8 Å². The fourth-order valence-electron chi connectivity index (χ4n) is 2.33. The fraction of sp³-hybridized carbons (Fsp3) is 0.188. The van der Waals surface area contributed by atoms with Crippen LogP contribution in [0.5, 0.6) is 0 Å². The van der Waals surface area contributed by atoms with E-state index >= 15 is 0 Å². The van der Waals surface area contributed by atoms with E-state index in [1.165, 1.54) is 36.9 Å². The molecule has 0 saturated carbocycles. The summed E-state index contributed by atoms with van der Waals surface area (Å²) in [6, 6.07) is 5.55. The lowest BCUT2D eigenvalue weighted by molar-refractivity contribution is -0.116. The molecule has 0 unspecified atom stereocenters. The molecule has 146 valence electrons. The monoisotopic (exact) mass is 402 g/mol. The number of hydrogen-bond acceptors (Lipinski definition) is 7. The van der Waals surface area contributed by atoms with Crippen molar-refractivity contribution in [2.75, 3.05) is 19.4 Å². The number of fused-ring (bicyclic) bond motifs is 1. The molecular formula is C16H18N8O3S. The number of primary sulfonamides is 1. The van der Waals surface area contributed by atoms with Gasteiger partial charge in [-0.1, -0.05) is 0 Å². The van der Waals surface area contributed by atoms with E-state index in [2.05, 4.69) is 25.3 Å². The molecule has 3 aromatic rings. The number of benzene rings is 1. The maximum atomic E-state index is 12.3. The van der Waals surface area contributed by atoms with Gasteiger partial charge >= 0.3 is 0 Å². The van der Waals surface area contributed by atoms with E-state index in [1.807, 2.05) is 14.1 Å². The number of aromatic nitrogens is 4. The number of nitrogens with one attached hydrogen (secondary N) is 1. The van der Waals surface area contributed by atoms with E-state index in [-0.39, 0.29) is 17.3 Å². The van der Waals surface area contributed by atoms with Gasteiger partial charge in [0.2, 0.25) is 15.9 Å². The number of sulfonamides is 1. The lowest BCUT2D eigenvalue weighted by Gasteiger charge is -2.07. The van der Waals surface area contributed by atoms with Crippen LogP contribution >= 0.6 is 0 Å². The van der Waals surface area contributed by atoms with Gasteiger partial charge < -0.3 is 14.8 Å². The van der Waals surface area contributed by atoms with Crippen molar-refractivity contribution >= 4 is 44.9 Å². The second kappa shape index (κ2) is 7.70. The number of carbonyl (C=O) groups is 1. The average molecular weight is 402 g/mol. The number of imidazole rings is 1. The predicted molar refractivity (Wildman–Crippen MR) is 104 cm³/mol. The summed E-state index contributed by atoms with van der Waals surface area (Å²) in [6.07, 6.45) is 4.43.